The molecule has 0 aliphatic carbocycles. The van der Waals surface area contributed by atoms with Crippen molar-refractivity contribution < 1.29 is 9.84 Å². The van der Waals surface area contributed by atoms with Gasteiger partial charge in [0.15, 0.2) is 0 Å². The van der Waals surface area contributed by atoms with Crippen molar-refractivity contribution in [2.24, 2.45) is 0 Å². The lowest BCUT2D eigenvalue weighted by atomic mass is 9.97. The van der Waals surface area contributed by atoms with E-state index in [1.54, 1.807) is 7.11 Å². The van der Waals surface area contributed by atoms with E-state index in [2.05, 4.69) is 6.92 Å². The molecule has 0 saturated heterocycles. The highest BCUT2D eigenvalue weighted by atomic mass is 16.5. The van der Waals surface area contributed by atoms with Crippen LogP contribution in [-0.4, -0.2) is 12.2 Å². The average Bonchev–Trinajstić information content (AvgIpc) is 2.41. The molecule has 0 aliphatic rings. The number of aliphatic hydroxyl groups is 1. The number of aliphatic hydroxyl groups excluding tert-OH is 1. The van der Waals surface area contributed by atoms with Crippen LogP contribution >= 0.6 is 0 Å². The Labute approximate surface area is 108 Å². The van der Waals surface area contributed by atoms with E-state index in [0.29, 0.717) is 5.75 Å². The van der Waals surface area contributed by atoms with Crippen LogP contribution in [0.1, 0.15) is 28.4 Å². The number of hydrogen-bond donors (Lipinski definition) is 1. The standard InChI is InChI=1S/C16H18O2/c1-11-8-9-13(10-12(11)2)16(17)14-6-4-5-7-15(14)18-3/h4-10,16-17H,1-3H3. The smallest absolute Gasteiger partial charge is 0.125 e. The molecule has 0 amide bonds. The molecule has 0 saturated carbocycles. The summed E-state index contributed by atoms with van der Waals surface area (Å²) in [6.45, 7) is 4.11. The normalized spacial score (nSPS) is 12.2. The molecule has 2 heteroatoms. The van der Waals surface area contributed by atoms with E-state index in [0.717, 1.165) is 11.1 Å². The summed E-state index contributed by atoms with van der Waals surface area (Å²) in [6, 6.07) is 13.6. The minimum atomic E-state index is -0.652. The minimum absolute atomic E-state index is 0.652. The van der Waals surface area contributed by atoms with Gasteiger partial charge in [-0.2, -0.15) is 0 Å². The average molecular weight is 242 g/mol. The highest BCUT2D eigenvalue weighted by molar-refractivity contribution is 5.42. The van der Waals surface area contributed by atoms with Gasteiger partial charge >= 0.3 is 0 Å². The molecular weight excluding hydrogens is 224 g/mol. The third kappa shape index (κ3) is 2.39. The van der Waals surface area contributed by atoms with Gasteiger partial charge in [-0.1, -0.05) is 36.4 Å². The Balaban J connectivity index is 2.41. The molecule has 0 heterocycles. The predicted octanol–water partition coefficient (Wildman–Crippen LogP) is 3.39. The zero-order valence-corrected chi connectivity index (χ0v) is 11.0. The lowest BCUT2D eigenvalue weighted by molar-refractivity contribution is 0.214. The summed E-state index contributed by atoms with van der Waals surface area (Å²) in [5.41, 5.74) is 4.10. The summed E-state index contributed by atoms with van der Waals surface area (Å²) < 4.78 is 5.28. The Morgan fingerprint density at radius 2 is 1.72 bits per heavy atom. The van der Waals surface area contributed by atoms with Crippen molar-refractivity contribution in [2.75, 3.05) is 7.11 Å². The molecule has 18 heavy (non-hydrogen) atoms. The molecule has 2 aromatic rings. The summed E-state index contributed by atoms with van der Waals surface area (Å²) in [7, 11) is 1.62. The molecule has 2 rings (SSSR count). The number of methoxy groups -OCH3 is 1. The van der Waals surface area contributed by atoms with Gasteiger partial charge in [-0.05, 0) is 36.6 Å². The molecule has 94 valence electrons. The van der Waals surface area contributed by atoms with E-state index in [1.165, 1.54) is 11.1 Å². The van der Waals surface area contributed by atoms with Crippen molar-refractivity contribution in [1.82, 2.24) is 0 Å². The van der Waals surface area contributed by atoms with Crippen molar-refractivity contribution in [2.45, 2.75) is 20.0 Å². The first-order valence-electron chi connectivity index (χ1n) is 6.01. The van der Waals surface area contributed by atoms with Crippen molar-refractivity contribution in [3.05, 3.63) is 64.7 Å². The quantitative estimate of drug-likeness (QED) is 0.894. The van der Waals surface area contributed by atoms with Crippen LogP contribution in [0.5, 0.6) is 5.75 Å². The second kappa shape index (κ2) is 5.23. The summed E-state index contributed by atoms with van der Waals surface area (Å²) >= 11 is 0. The zero-order valence-electron chi connectivity index (χ0n) is 11.0. The number of benzene rings is 2. The Kier molecular flexibility index (Phi) is 3.68. The van der Waals surface area contributed by atoms with Gasteiger partial charge in [-0.25, -0.2) is 0 Å². The van der Waals surface area contributed by atoms with Gasteiger partial charge in [-0.3, -0.25) is 0 Å². The van der Waals surface area contributed by atoms with Gasteiger partial charge in [0.25, 0.3) is 0 Å². The third-order valence-electron chi connectivity index (χ3n) is 3.28. The molecule has 0 aliphatic heterocycles. The molecule has 0 aromatic heterocycles. The fourth-order valence-corrected chi connectivity index (χ4v) is 2.01. The lowest BCUT2D eigenvalue weighted by Gasteiger charge is -2.16. The van der Waals surface area contributed by atoms with Crippen molar-refractivity contribution in [3.63, 3.8) is 0 Å². The maximum Gasteiger partial charge on any atom is 0.125 e. The van der Waals surface area contributed by atoms with Crippen LogP contribution in [0.25, 0.3) is 0 Å². The van der Waals surface area contributed by atoms with Crippen LogP contribution in [0, 0.1) is 13.8 Å². The molecule has 0 bridgehead atoms. The Bertz CT molecular complexity index is 547. The maximum atomic E-state index is 10.4. The van der Waals surface area contributed by atoms with Gasteiger partial charge in [0, 0.05) is 5.56 Å². The maximum absolute atomic E-state index is 10.4. The largest absolute Gasteiger partial charge is 0.496 e. The van der Waals surface area contributed by atoms with E-state index in [9.17, 15) is 5.11 Å². The molecule has 2 aromatic carbocycles. The van der Waals surface area contributed by atoms with E-state index < -0.39 is 6.10 Å². The summed E-state index contributed by atoms with van der Waals surface area (Å²) in [6.07, 6.45) is -0.652. The third-order valence-corrected chi connectivity index (χ3v) is 3.28. The van der Waals surface area contributed by atoms with Crippen molar-refractivity contribution in [3.8, 4) is 5.75 Å². The molecule has 0 radical (unpaired) electrons. The lowest BCUT2D eigenvalue weighted by Crippen LogP contribution is -2.02. The number of para-hydroxylation sites is 1. The molecular formula is C16H18O2. The predicted molar refractivity (Wildman–Crippen MR) is 73.0 cm³/mol. The monoisotopic (exact) mass is 242 g/mol. The summed E-state index contributed by atoms with van der Waals surface area (Å²) in [4.78, 5) is 0. The first-order valence-corrected chi connectivity index (χ1v) is 6.01. The molecule has 0 spiro atoms. The van der Waals surface area contributed by atoms with Crippen LogP contribution in [0.15, 0.2) is 42.5 Å². The highest BCUT2D eigenvalue weighted by Crippen LogP contribution is 2.30. The fraction of sp³-hybridized carbons (Fsp3) is 0.250. The first kappa shape index (κ1) is 12.7. The zero-order chi connectivity index (χ0) is 13.1. The molecule has 1 N–H and O–H groups in total. The van der Waals surface area contributed by atoms with Crippen molar-refractivity contribution >= 4 is 0 Å². The number of rotatable bonds is 3. The van der Waals surface area contributed by atoms with Gasteiger partial charge in [-0.15, -0.1) is 0 Å². The van der Waals surface area contributed by atoms with E-state index in [-0.39, 0.29) is 0 Å². The second-order valence-corrected chi connectivity index (χ2v) is 4.49. The van der Waals surface area contributed by atoms with Crippen LogP contribution < -0.4 is 4.74 Å². The summed E-state index contributed by atoms with van der Waals surface area (Å²) in [5, 5.41) is 10.4. The Hall–Kier alpha value is -1.80. The highest BCUT2D eigenvalue weighted by Gasteiger charge is 2.15. The number of hydrogen-bond acceptors (Lipinski definition) is 2. The van der Waals surface area contributed by atoms with E-state index in [4.69, 9.17) is 4.74 Å². The molecule has 1 atom stereocenters. The molecule has 0 fully saturated rings. The number of aryl methyl sites for hydroxylation is 2. The molecule has 1 unspecified atom stereocenters. The van der Waals surface area contributed by atoms with Crippen molar-refractivity contribution in [1.29, 1.82) is 0 Å². The van der Waals surface area contributed by atoms with Crippen LogP contribution in [0.4, 0.5) is 0 Å². The van der Waals surface area contributed by atoms with E-state index in [1.807, 2.05) is 49.4 Å². The van der Waals surface area contributed by atoms with E-state index >= 15 is 0 Å². The van der Waals surface area contributed by atoms with Crippen LogP contribution in [0.3, 0.4) is 0 Å². The van der Waals surface area contributed by atoms with Gasteiger partial charge in [0.05, 0.1) is 7.11 Å². The van der Waals surface area contributed by atoms with Gasteiger partial charge in [0.1, 0.15) is 11.9 Å². The van der Waals surface area contributed by atoms with Crippen LogP contribution in [-0.2, 0) is 0 Å². The minimum Gasteiger partial charge on any atom is -0.496 e. The van der Waals surface area contributed by atoms with Gasteiger partial charge < -0.3 is 9.84 Å². The second-order valence-electron chi connectivity index (χ2n) is 4.49. The van der Waals surface area contributed by atoms with Crippen LogP contribution in [0.2, 0.25) is 0 Å². The summed E-state index contributed by atoms with van der Waals surface area (Å²) in [5.74, 6) is 0.711. The first-order chi connectivity index (χ1) is 8.63. The Morgan fingerprint density at radius 3 is 2.39 bits per heavy atom. The Morgan fingerprint density at radius 1 is 1.00 bits per heavy atom. The van der Waals surface area contributed by atoms with Gasteiger partial charge in [0.2, 0.25) is 0 Å². The SMILES string of the molecule is COc1ccccc1C(O)c1ccc(C)c(C)c1. The fourth-order valence-electron chi connectivity index (χ4n) is 2.01. The molecule has 2 nitrogen and oxygen atoms in total. The number of ether oxygens (including phenoxy) is 1. The topological polar surface area (TPSA) is 29.5 Å².